The van der Waals surface area contributed by atoms with Gasteiger partial charge in [-0.05, 0) is 25.2 Å². The molecule has 10 heteroatoms. The minimum Gasteiger partial charge on any atom is -0.469 e. The summed E-state index contributed by atoms with van der Waals surface area (Å²) in [6, 6.07) is -2.12. The van der Waals surface area contributed by atoms with Crippen molar-refractivity contribution in [1.82, 2.24) is 10.6 Å². The highest BCUT2D eigenvalue weighted by Crippen LogP contribution is 2.08. The molecule has 0 spiro atoms. The standard InChI is InChI=1S/C17H30N4O6/c1-10(2)8-12(17(26)21-11(16(19)25)9-13(18)22)20-14(23)6-4-5-7-15(24)27-3/h10-12H,4-9H2,1-3H3,(H2,18,22)(H2,19,25)(H,20,23)(H,21,26)/t11-,12-/m0/s1. The largest absolute Gasteiger partial charge is 0.469 e. The molecule has 0 aromatic rings. The van der Waals surface area contributed by atoms with E-state index in [9.17, 15) is 24.0 Å². The summed E-state index contributed by atoms with van der Waals surface area (Å²) in [7, 11) is 1.29. The second-order valence-electron chi connectivity index (χ2n) is 6.67. The van der Waals surface area contributed by atoms with Crippen LogP contribution in [0.15, 0.2) is 0 Å². The van der Waals surface area contributed by atoms with Gasteiger partial charge < -0.3 is 26.8 Å². The van der Waals surface area contributed by atoms with Crippen molar-refractivity contribution in [3.05, 3.63) is 0 Å². The molecule has 0 rings (SSSR count). The fraction of sp³-hybridized carbons (Fsp3) is 0.706. The summed E-state index contributed by atoms with van der Waals surface area (Å²) in [5, 5.41) is 4.97. The number of hydrogen-bond acceptors (Lipinski definition) is 6. The zero-order valence-electron chi connectivity index (χ0n) is 16.1. The summed E-state index contributed by atoms with van der Waals surface area (Å²) in [5.74, 6) is -2.90. The Balaban J connectivity index is 4.73. The molecule has 0 aliphatic rings. The van der Waals surface area contributed by atoms with Crippen molar-refractivity contribution in [2.45, 2.75) is 64.5 Å². The molecule has 0 unspecified atom stereocenters. The van der Waals surface area contributed by atoms with Crippen LogP contribution in [0.5, 0.6) is 0 Å². The summed E-state index contributed by atoms with van der Waals surface area (Å²) < 4.78 is 4.52. The third-order valence-corrected chi connectivity index (χ3v) is 3.69. The molecule has 0 fully saturated rings. The lowest BCUT2D eigenvalue weighted by molar-refractivity contribution is -0.140. The topological polar surface area (TPSA) is 171 Å². The quantitative estimate of drug-likeness (QED) is 0.236. The second-order valence-corrected chi connectivity index (χ2v) is 6.67. The number of carbonyl (C=O) groups excluding carboxylic acids is 5. The Kier molecular flexibility index (Phi) is 11.4. The Labute approximate surface area is 158 Å². The molecule has 0 radical (unpaired) electrons. The Morgan fingerprint density at radius 3 is 2.00 bits per heavy atom. The molecule has 27 heavy (non-hydrogen) atoms. The predicted octanol–water partition coefficient (Wildman–Crippen LogP) is -0.904. The van der Waals surface area contributed by atoms with Crippen molar-refractivity contribution >= 4 is 29.6 Å². The molecule has 0 bridgehead atoms. The first-order valence-electron chi connectivity index (χ1n) is 8.81. The number of unbranched alkanes of at least 4 members (excludes halogenated alkanes) is 1. The number of primary amides is 2. The first-order valence-corrected chi connectivity index (χ1v) is 8.81. The third-order valence-electron chi connectivity index (χ3n) is 3.69. The Hall–Kier alpha value is -2.65. The van der Waals surface area contributed by atoms with E-state index in [1.807, 2.05) is 13.8 Å². The molecule has 0 aliphatic carbocycles. The Morgan fingerprint density at radius 1 is 0.926 bits per heavy atom. The number of amides is 4. The van der Waals surface area contributed by atoms with Gasteiger partial charge >= 0.3 is 5.97 Å². The first-order chi connectivity index (χ1) is 12.6. The van der Waals surface area contributed by atoms with E-state index >= 15 is 0 Å². The van der Waals surface area contributed by atoms with Gasteiger partial charge in [-0.15, -0.1) is 0 Å². The van der Waals surface area contributed by atoms with Gasteiger partial charge in [0, 0.05) is 12.8 Å². The molecule has 6 N–H and O–H groups in total. The zero-order chi connectivity index (χ0) is 21.0. The van der Waals surface area contributed by atoms with E-state index in [1.165, 1.54) is 7.11 Å². The molecule has 0 aromatic carbocycles. The SMILES string of the molecule is COC(=O)CCCCC(=O)N[C@@H](CC(C)C)C(=O)N[C@@H](CC(N)=O)C(N)=O. The molecule has 0 aliphatic heterocycles. The summed E-state index contributed by atoms with van der Waals surface area (Å²) in [5.41, 5.74) is 10.2. The molecule has 10 nitrogen and oxygen atoms in total. The van der Waals surface area contributed by atoms with Crippen molar-refractivity contribution in [2.24, 2.45) is 17.4 Å². The van der Waals surface area contributed by atoms with Gasteiger partial charge in [0.25, 0.3) is 0 Å². The number of carbonyl (C=O) groups is 5. The van der Waals surface area contributed by atoms with E-state index in [1.54, 1.807) is 0 Å². The smallest absolute Gasteiger partial charge is 0.305 e. The summed E-state index contributed by atoms with van der Waals surface area (Å²) in [6.07, 6.45) is 1.22. The van der Waals surface area contributed by atoms with Crippen molar-refractivity contribution in [1.29, 1.82) is 0 Å². The Bertz CT molecular complexity index is 550. The maximum atomic E-state index is 12.4. The number of ether oxygens (including phenoxy) is 1. The van der Waals surface area contributed by atoms with E-state index < -0.39 is 36.2 Å². The lowest BCUT2D eigenvalue weighted by Crippen LogP contribution is -2.54. The van der Waals surface area contributed by atoms with Crippen LogP contribution in [-0.4, -0.2) is 48.8 Å². The van der Waals surface area contributed by atoms with Gasteiger partial charge in [0.1, 0.15) is 12.1 Å². The van der Waals surface area contributed by atoms with Gasteiger partial charge in [0.2, 0.25) is 23.6 Å². The second kappa shape index (κ2) is 12.7. The van der Waals surface area contributed by atoms with E-state index in [-0.39, 0.29) is 30.6 Å². The monoisotopic (exact) mass is 386 g/mol. The Morgan fingerprint density at radius 2 is 1.52 bits per heavy atom. The maximum Gasteiger partial charge on any atom is 0.305 e. The van der Waals surface area contributed by atoms with Crippen LogP contribution < -0.4 is 22.1 Å². The zero-order valence-corrected chi connectivity index (χ0v) is 16.1. The van der Waals surface area contributed by atoms with Crippen molar-refractivity contribution in [2.75, 3.05) is 7.11 Å². The molecule has 0 saturated carbocycles. The molecular formula is C17H30N4O6. The fourth-order valence-corrected chi connectivity index (χ4v) is 2.32. The number of esters is 1. The van der Waals surface area contributed by atoms with Crippen LogP contribution in [0.2, 0.25) is 0 Å². The maximum absolute atomic E-state index is 12.4. The van der Waals surface area contributed by atoms with Crippen LogP contribution in [0.25, 0.3) is 0 Å². The molecule has 0 saturated heterocycles. The van der Waals surface area contributed by atoms with E-state index in [0.29, 0.717) is 19.3 Å². The molecule has 154 valence electrons. The number of nitrogens with two attached hydrogens (primary N) is 2. The number of methoxy groups -OCH3 is 1. The van der Waals surface area contributed by atoms with Gasteiger partial charge in [-0.3, -0.25) is 24.0 Å². The minimum absolute atomic E-state index is 0.0866. The van der Waals surface area contributed by atoms with Gasteiger partial charge in [0.05, 0.1) is 13.5 Å². The van der Waals surface area contributed by atoms with E-state index in [0.717, 1.165) is 0 Å². The van der Waals surface area contributed by atoms with Crippen LogP contribution in [0.1, 0.15) is 52.4 Å². The number of rotatable bonds is 13. The summed E-state index contributed by atoms with van der Waals surface area (Å²) in [6.45, 7) is 3.75. The van der Waals surface area contributed by atoms with Crippen LogP contribution in [0.3, 0.4) is 0 Å². The average Bonchev–Trinajstić information content (AvgIpc) is 2.56. The van der Waals surface area contributed by atoms with Gasteiger partial charge in [-0.1, -0.05) is 13.8 Å². The highest BCUT2D eigenvalue weighted by atomic mass is 16.5. The van der Waals surface area contributed by atoms with Crippen molar-refractivity contribution in [3.63, 3.8) is 0 Å². The highest BCUT2D eigenvalue weighted by Gasteiger charge is 2.27. The normalized spacial score (nSPS) is 12.7. The van der Waals surface area contributed by atoms with Crippen LogP contribution in [0, 0.1) is 5.92 Å². The van der Waals surface area contributed by atoms with Crippen LogP contribution >= 0.6 is 0 Å². The first kappa shape index (κ1) is 24.4. The molecule has 4 amide bonds. The van der Waals surface area contributed by atoms with Gasteiger partial charge in [-0.2, -0.15) is 0 Å². The van der Waals surface area contributed by atoms with Crippen molar-refractivity contribution < 1.29 is 28.7 Å². The number of nitrogens with one attached hydrogen (secondary N) is 2. The average molecular weight is 386 g/mol. The lowest BCUT2D eigenvalue weighted by atomic mass is 10.0. The highest BCUT2D eigenvalue weighted by molar-refractivity contribution is 5.93. The molecule has 0 aromatic heterocycles. The predicted molar refractivity (Wildman–Crippen MR) is 96.8 cm³/mol. The molecule has 2 atom stereocenters. The third kappa shape index (κ3) is 11.6. The summed E-state index contributed by atoms with van der Waals surface area (Å²) in [4.78, 5) is 57.9. The minimum atomic E-state index is -1.23. The summed E-state index contributed by atoms with van der Waals surface area (Å²) >= 11 is 0. The van der Waals surface area contributed by atoms with E-state index in [2.05, 4.69) is 15.4 Å². The fourth-order valence-electron chi connectivity index (χ4n) is 2.32. The molecule has 0 heterocycles. The van der Waals surface area contributed by atoms with Gasteiger partial charge in [0.15, 0.2) is 0 Å². The lowest BCUT2D eigenvalue weighted by Gasteiger charge is -2.22. The van der Waals surface area contributed by atoms with Crippen LogP contribution in [-0.2, 0) is 28.7 Å². The van der Waals surface area contributed by atoms with Gasteiger partial charge in [-0.25, -0.2) is 0 Å². The number of hydrogen-bond donors (Lipinski definition) is 4. The van der Waals surface area contributed by atoms with Crippen LogP contribution in [0.4, 0.5) is 0 Å². The van der Waals surface area contributed by atoms with E-state index in [4.69, 9.17) is 11.5 Å². The molecular weight excluding hydrogens is 356 g/mol. The van der Waals surface area contributed by atoms with Crippen molar-refractivity contribution in [3.8, 4) is 0 Å².